The van der Waals surface area contributed by atoms with Crippen molar-refractivity contribution in [3.8, 4) is 0 Å². The molecule has 76 valence electrons. The fourth-order valence-electron chi connectivity index (χ4n) is 2.48. The number of hydrogen-bond acceptors (Lipinski definition) is 1. The van der Waals surface area contributed by atoms with E-state index in [1.165, 1.54) is 24.0 Å². The maximum atomic E-state index is 9.93. The number of aryl methyl sites for hydroxylation is 1. The zero-order valence-corrected chi connectivity index (χ0v) is 8.74. The van der Waals surface area contributed by atoms with Gasteiger partial charge >= 0.3 is 0 Å². The van der Waals surface area contributed by atoms with E-state index < -0.39 is 0 Å². The molecular formula is C13H18O. The van der Waals surface area contributed by atoms with Crippen LogP contribution in [0.1, 0.15) is 43.2 Å². The van der Waals surface area contributed by atoms with Crippen LogP contribution in [0.15, 0.2) is 24.3 Å². The third kappa shape index (κ3) is 1.69. The van der Waals surface area contributed by atoms with Gasteiger partial charge in [0.1, 0.15) is 0 Å². The van der Waals surface area contributed by atoms with Crippen molar-refractivity contribution in [3.05, 3.63) is 35.4 Å². The minimum absolute atomic E-state index is 0.156. The summed E-state index contributed by atoms with van der Waals surface area (Å²) in [5, 5.41) is 9.93. The molecule has 0 heterocycles. The van der Waals surface area contributed by atoms with Gasteiger partial charge in [0, 0.05) is 5.92 Å². The highest BCUT2D eigenvalue weighted by Gasteiger charge is 2.24. The first-order valence-electron chi connectivity index (χ1n) is 5.58. The summed E-state index contributed by atoms with van der Waals surface area (Å²) >= 11 is 0. The largest absolute Gasteiger partial charge is 0.393 e. The second-order valence-electron chi connectivity index (χ2n) is 4.17. The molecule has 1 unspecified atom stereocenters. The van der Waals surface area contributed by atoms with Crippen molar-refractivity contribution in [2.24, 2.45) is 0 Å². The molecule has 0 saturated heterocycles. The molecule has 1 aromatic rings. The average molecular weight is 190 g/mol. The van der Waals surface area contributed by atoms with Gasteiger partial charge in [-0.3, -0.25) is 0 Å². The predicted octanol–water partition coefficient (Wildman–Crippen LogP) is 2.88. The number of rotatable bonds is 2. The minimum Gasteiger partial charge on any atom is -0.393 e. The molecule has 1 heteroatoms. The van der Waals surface area contributed by atoms with Crippen LogP contribution < -0.4 is 0 Å². The summed E-state index contributed by atoms with van der Waals surface area (Å²) in [6.07, 6.45) is 4.25. The number of benzene rings is 1. The minimum atomic E-state index is -0.156. The quantitative estimate of drug-likeness (QED) is 0.760. The highest BCUT2D eigenvalue weighted by atomic mass is 16.3. The highest BCUT2D eigenvalue weighted by Crippen LogP contribution is 2.34. The third-order valence-corrected chi connectivity index (χ3v) is 3.30. The van der Waals surface area contributed by atoms with Gasteiger partial charge in [-0.15, -0.1) is 0 Å². The summed E-state index contributed by atoms with van der Waals surface area (Å²) in [6.45, 7) is 2.06. The Bertz CT molecular complexity index is 306. The molecular weight excluding hydrogens is 172 g/mol. The molecule has 0 fully saturated rings. The van der Waals surface area contributed by atoms with Crippen molar-refractivity contribution in [1.82, 2.24) is 0 Å². The van der Waals surface area contributed by atoms with E-state index in [-0.39, 0.29) is 6.10 Å². The Morgan fingerprint density at radius 3 is 3.00 bits per heavy atom. The van der Waals surface area contributed by atoms with Crippen molar-refractivity contribution in [3.63, 3.8) is 0 Å². The second kappa shape index (κ2) is 4.14. The van der Waals surface area contributed by atoms with Crippen molar-refractivity contribution in [1.29, 1.82) is 0 Å². The van der Waals surface area contributed by atoms with Crippen LogP contribution in [-0.2, 0) is 6.42 Å². The maximum absolute atomic E-state index is 9.93. The lowest BCUT2D eigenvalue weighted by molar-refractivity contribution is 0.130. The summed E-state index contributed by atoms with van der Waals surface area (Å²) in [5.74, 6) is 0.380. The second-order valence-corrected chi connectivity index (χ2v) is 4.17. The molecule has 1 aliphatic rings. The van der Waals surface area contributed by atoms with Gasteiger partial charge < -0.3 is 5.11 Å². The highest BCUT2D eigenvalue weighted by molar-refractivity contribution is 5.33. The SMILES string of the molecule is CC[C@H](O)C1CCCc2ccccc21. The van der Waals surface area contributed by atoms with E-state index in [2.05, 4.69) is 31.2 Å². The molecule has 0 bridgehead atoms. The van der Waals surface area contributed by atoms with E-state index in [1.54, 1.807) is 0 Å². The van der Waals surface area contributed by atoms with Crippen LogP contribution in [0.25, 0.3) is 0 Å². The summed E-state index contributed by atoms with van der Waals surface area (Å²) in [4.78, 5) is 0. The van der Waals surface area contributed by atoms with E-state index in [9.17, 15) is 5.11 Å². The number of aliphatic hydroxyl groups excluding tert-OH is 1. The fourth-order valence-corrected chi connectivity index (χ4v) is 2.48. The van der Waals surface area contributed by atoms with Crippen LogP contribution in [0.2, 0.25) is 0 Å². The average Bonchev–Trinajstić information content (AvgIpc) is 2.27. The molecule has 0 amide bonds. The van der Waals surface area contributed by atoms with Gasteiger partial charge in [0.2, 0.25) is 0 Å². The first kappa shape index (κ1) is 9.72. The van der Waals surface area contributed by atoms with Crippen LogP contribution >= 0.6 is 0 Å². The fraction of sp³-hybridized carbons (Fsp3) is 0.538. The zero-order chi connectivity index (χ0) is 9.97. The smallest absolute Gasteiger partial charge is 0.0606 e. The van der Waals surface area contributed by atoms with E-state index >= 15 is 0 Å². The first-order chi connectivity index (χ1) is 6.83. The van der Waals surface area contributed by atoms with Crippen LogP contribution in [0, 0.1) is 0 Å². The van der Waals surface area contributed by atoms with Gasteiger partial charge in [0.05, 0.1) is 6.10 Å². The Morgan fingerprint density at radius 1 is 1.43 bits per heavy atom. The van der Waals surface area contributed by atoms with Crippen molar-refractivity contribution in [2.45, 2.75) is 44.6 Å². The zero-order valence-electron chi connectivity index (χ0n) is 8.74. The standard InChI is InChI=1S/C13H18O/c1-2-13(14)12-9-5-7-10-6-3-4-8-11(10)12/h3-4,6,8,12-14H,2,5,7,9H2,1H3/t12?,13-/m0/s1. The van der Waals surface area contributed by atoms with Gasteiger partial charge in [-0.2, -0.15) is 0 Å². The number of hydrogen-bond donors (Lipinski definition) is 1. The van der Waals surface area contributed by atoms with Crippen LogP contribution in [0.4, 0.5) is 0 Å². The first-order valence-corrected chi connectivity index (χ1v) is 5.58. The lowest BCUT2D eigenvalue weighted by atomic mass is 9.79. The van der Waals surface area contributed by atoms with E-state index in [0.717, 1.165) is 12.8 Å². The molecule has 2 rings (SSSR count). The van der Waals surface area contributed by atoms with E-state index in [0.29, 0.717) is 5.92 Å². The van der Waals surface area contributed by atoms with Crippen LogP contribution in [0.3, 0.4) is 0 Å². The Labute approximate surface area is 85.8 Å². The van der Waals surface area contributed by atoms with Gasteiger partial charge in [0.15, 0.2) is 0 Å². The molecule has 0 radical (unpaired) electrons. The molecule has 0 aromatic heterocycles. The molecule has 2 atom stereocenters. The Kier molecular flexibility index (Phi) is 2.87. The van der Waals surface area contributed by atoms with E-state index in [4.69, 9.17) is 0 Å². The third-order valence-electron chi connectivity index (χ3n) is 3.30. The maximum Gasteiger partial charge on any atom is 0.0606 e. The van der Waals surface area contributed by atoms with Crippen molar-refractivity contribution in [2.75, 3.05) is 0 Å². The molecule has 0 spiro atoms. The Morgan fingerprint density at radius 2 is 2.21 bits per heavy atom. The molecule has 14 heavy (non-hydrogen) atoms. The number of aliphatic hydroxyl groups is 1. The van der Waals surface area contributed by atoms with Gasteiger partial charge in [-0.05, 0) is 36.8 Å². The Balaban J connectivity index is 2.30. The Hall–Kier alpha value is -0.820. The van der Waals surface area contributed by atoms with Gasteiger partial charge in [-0.25, -0.2) is 0 Å². The monoisotopic (exact) mass is 190 g/mol. The summed E-state index contributed by atoms with van der Waals surface area (Å²) < 4.78 is 0. The summed E-state index contributed by atoms with van der Waals surface area (Å²) in [6, 6.07) is 8.56. The molecule has 0 saturated carbocycles. The summed E-state index contributed by atoms with van der Waals surface area (Å²) in [7, 11) is 0. The van der Waals surface area contributed by atoms with Crippen LogP contribution in [0.5, 0.6) is 0 Å². The lowest BCUT2D eigenvalue weighted by Crippen LogP contribution is -2.22. The normalized spacial score (nSPS) is 22.9. The van der Waals surface area contributed by atoms with Gasteiger partial charge in [0.25, 0.3) is 0 Å². The predicted molar refractivity (Wildman–Crippen MR) is 58.4 cm³/mol. The molecule has 1 N–H and O–H groups in total. The van der Waals surface area contributed by atoms with Crippen molar-refractivity contribution >= 4 is 0 Å². The molecule has 1 nitrogen and oxygen atoms in total. The van der Waals surface area contributed by atoms with Crippen LogP contribution in [-0.4, -0.2) is 11.2 Å². The van der Waals surface area contributed by atoms with Gasteiger partial charge in [-0.1, -0.05) is 31.2 Å². The molecule has 1 aromatic carbocycles. The summed E-state index contributed by atoms with van der Waals surface area (Å²) in [5.41, 5.74) is 2.82. The topological polar surface area (TPSA) is 20.2 Å². The van der Waals surface area contributed by atoms with E-state index in [1.807, 2.05) is 0 Å². The molecule has 0 aliphatic heterocycles. The number of fused-ring (bicyclic) bond motifs is 1. The van der Waals surface area contributed by atoms with Crippen molar-refractivity contribution < 1.29 is 5.11 Å². The molecule has 1 aliphatic carbocycles. The lowest BCUT2D eigenvalue weighted by Gasteiger charge is -2.28.